The zero-order valence-electron chi connectivity index (χ0n) is 10.5. The van der Waals surface area contributed by atoms with Crippen molar-refractivity contribution in [1.29, 1.82) is 0 Å². The number of benzene rings is 2. The Morgan fingerprint density at radius 3 is 2.68 bits per heavy atom. The Balaban J connectivity index is 2.11. The summed E-state index contributed by atoms with van der Waals surface area (Å²) in [6, 6.07) is 13.2. The van der Waals surface area contributed by atoms with Gasteiger partial charge in [0, 0.05) is 16.5 Å². The summed E-state index contributed by atoms with van der Waals surface area (Å²) in [7, 11) is 1.63. The van der Waals surface area contributed by atoms with Crippen LogP contribution in [0.4, 0.5) is 0 Å². The number of rotatable bonds is 5. The lowest BCUT2D eigenvalue weighted by molar-refractivity contribution is 0.296. The molecule has 0 amide bonds. The molecule has 2 nitrogen and oxygen atoms in total. The third-order valence-corrected chi connectivity index (χ3v) is 3.23. The van der Waals surface area contributed by atoms with Gasteiger partial charge in [-0.15, -0.1) is 11.6 Å². The molecule has 19 heavy (non-hydrogen) atoms. The van der Waals surface area contributed by atoms with Crippen molar-refractivity contribution in [3.05, 3.63) is 58.6 Å². The van der Waals surface area contributed by atoms with E-state index in [0.717, 1.165) is 22.6 Å². The summed E-state index contributed by atoms with van der Waals surface area (Å²) in [5, 5.41) is 0.661. The third-order valence-electron chi connectivity index (χ3n) is 2.69. The molecule has 0 saturated heterocycles. The highest BCUT2D eigenvalue weighted by atomic mass is 35.5. The van der Waals surface area contributed by atoms with Crippen LogP contribution in [0.1, 0.15) is 11.1 Å². The fourth-order valence-electron chi connectivity index (χ4n) is 1.74. The van der Waals surface area contributed by atoms with E-state index in [1.54, 1.807) is 13.2 Å². The van der Waals surface area contributed by atoms with E-state index >= 15 is 0 Å². The summed E-state index contributed by atoms with van der Waals surface area (Å²) in [6.07, 6.45) is 0. The summed E-state index contributed by atoms with van der Waals surface area (Å²) >= 11 is 11.8. The van der Waals surface area contributed by atoms with Crippen LogP contribution in [-0.2, 0) is 12.5 Å². The van der Waals surface area contributed by atoms with Gasteiger partial charge in [0.05, 0.1) is 7.11 Å². The molecule has 0 aromatic heterocycles. The summed E-state index contributed by atoms with van der Waals surface area (Å²) in [6.45, 7) is 0.398. The summed E-state index contributed by atoms with van der Waals surface area (Å²) in [5.41, 5.74) is 1.93. The highest BCUT2D eigenvalue weighted by Crippen LogP contribution is 2.24. The monoisotopic (exact) mass is 296 g/mol. The molecule has 0 spiro atoms. The van der Waals surface area contributed by atoms with Crippen LogP contribution in [0.3, 0.4) is 0 Å². The van der Waals surface area contributed by atoms with Gasteiger partial charge in [0.1, 0.15) is 18.1 Å². The Hall–Kier alpha value is -1.38. The van der Waals surface area contributed by atoms with Gasteiger partial charge in [-0.05, 0) is 35.9 Å². The first-order valence-corrected chi connectivity index (χ1v) is 6.74. The van der Waals surface area contributed by atoms with Crippen molar-refractivity contribution in [2.45, 2.75) is 12.5 Å². The second-order valence-corrected chi connectivity index (χ2v) is 4.73. The van der Waals surface area contributed by atoms with Crippen molar-refractivity contribution in [3.63, 3.8) is 0 Å². The molecule has 4 heteroatoms. The minimum Gasteiger partial charge on any atom is -0.496 e. The molecule has 0 saturated carbocycles. The SMILES string of the molecule is COc1ccc(Cl)cc1COc1cccc(CCl)c1. The van der Waals surface area contributed by atoms with Crippen LogP contribution in [0.15, 0.2) is 42.5 Å². The molecule has 2 rings (SSSR count). The number of methoxy groups -OCH3 is 1. The fourth-order valence-corrected chi connectivity index (χ4v) is 2.10. The Morgan fingerprint density at radius 1 is 1.11 bits per heavy atom. The number of ether oxygens (including phenoxy) is 2. The first kappa shape index (κ1) is 14.0. The van der Waals surface area contributed by atoms with E-state index in [-0.39, 0.29) is 0 Å². The van der Waals surface area contributed by atoms with Gasteiger partial charge in [-0.1, -0.05) is 23.7 Å². The maximum atomic E-state index is 5.97. The summed E-state index contributed by atoms with van der Waals surface area (Å²) in [5.74, 6) is 2.01. The van der Waals surface area contributed by atoms with Crippen LogP contribution in [0.25, 0.3) is 0 Å². The number of hydrogen-bond donors (Lipinski definition) is 0. The largest absolute Gasteiger partial charge is 0.496 e. The minimum atomic E-state index is 0.398. The topological polar surface area (TPSA) is 18.5 Å². The van der Waals surface area contributed by atoms with Crippen LogP contribution < -0.4 is 9.47 Å². The van der Waals surface area contributed by atoms with Crippen molar-refractivity contribution in [2.24, 2.45) is 0 Å². The zero-order chi connectivity index (χ0) is 13.7. The molecule has 0 aliphatic rings. The molecule has 0 radical (unpaired) electrons. The van der Waals surface area contributed by atoms with Crippen LogP contribution >= 0.6 is 23.2 Å². The van der Waals surface area contributed by atoms with Crippen LogP contribution in [0.2, 0.25) is 5.02 Å². The van der Waals surface area contributed by atoms with Gasteiger partial charge in [-0.25, -0.2) is 0 Å². The van der Waals surface area contributed by atoms with Gasteiger partial charge >= 0.3 is 0 Å². The van der Waals surface area contributed by atoms with E-state index in [9.17, 15) is 0 Å². The van der Waals surface area contributed by atoms with Crippen molar-refractivity contribution in [1.82, 2.24) is 0 Å². The van der Waals surface area contributed by atoms with Gasteiger partial charge < -0.3 is 9.47 Å². The number of halogens is 2. The molecule has 0 atom stereocenters. The van der Waals surface area contributed by atoms with Gasteiger partial charge in [0.15, 0.2) is 0 Å². The van der Waals surface area contributed by atoms with Crippen molar-refractivity contribution < 1.29 is 9.47 Å². The Morgan fingerprint density at radius 2 is 1.95 bits per heavy atom. The minimum absolute atomic E-state index is 0.398. The molecule has 0 unspecified atom stereocenters. The Kier molecular flexibility index (Phi) is 4.94. The number of alkyl halides is 1. The van der Waals surface area contributed by atoms with Gasteiger partial charge in [-0.2, -0.15) is 0 Å². The Bertz CT molecular complexity index is 556. The highest BCUT2D eigenvalue weighted by Gasteiger charge is 2.05. The van der Waals surface area contributed by atoms with E-state index in [0.29, 0.717) is 17.5 Å². The zero-order valence-corrected chi connectivity index (χ0v) is 12.0. The lowest BCUT2D eigenvalue weighted by Gasteiger charge is -2.11. The maximum absolute atomic E-state index is 5.97. The molecule has 100 valence electrons. The van der Waals surface area contributed by atoms with Crippen molar-refractivity contribution in [2.75, 3.05) is 7.11 Å². The maximum Gasteiger partial charge on any atom is 0.125 e. The molecule has 0 N–H and O–H groups in total. The first-order valence-electron chi connectivity index (χ1n) is 5.83. The molecule has 0 heterocycles. The molecule has 2 aromatic rings. The molecule has 2 aromatic carbocycles. The fraction of sp³-hybridized carbons (Fsp3) is 0.200. The lowest BCUT2D eigenvalue weighted by atomic mass is 10.2. The van der Waals surface area contributed by atoms with Gasteiger partial charge in [-0.3, -0.25) is 0 Å². The summed E-state index contributed by atoms with van der Waals surface area (Å²) < 4.78 is 11.0. The molecule has 0 aliphatic carbocycles. The molecular weight excluding hydrogens is 283 g/mol. The van der Waals surface area contributed by atoms with Crippen LogP contribution in [-0.4, -0.2) is 7.11 Å². The molecular formula is C15H14Cl2O2. The second kappa shape index (κ2) is 6.69. The normalized spacial score (nSPS) is 10.3. The smallest absolute Gasteiger partial charge is 0.125 e. The predicted octanol–water partition coefficient (Wildman–Crippen LogP) is 4.67. The quantitative estimate of drug-likeness (QED) is 0.747. The Labute approximate surface area is 122 Å². The third kappa shape index (κ3) is 3.79. The predicted molar refractivity (Wildman–Crippen MR) is 78.3 cm³/mol. The van der Waals surface area contributed by atoms with Crippen LogP contribution in [0, 0.1) is 0 Å². The van der Waals surface area contributed by atoms with Gasteiger partial charge in [0.2, 0.25) is 0 Å². The number of hydrogen-bond acceptors (Lipinski definition) is 2. The second-order valence-electron chi connectivity index (χ2n) is 4.03. The lowest BCUT2D eigenvalue weighted by Crippen LogP contribution is -1.99. The van der Waals surface area contributed by atoms with E-state index in [1.807, 2.05) is 36.4 Å². The van der Waals surface area contributed by atoms with Crippen molar-refractivity contribution >= 4 is 23.2 Å². The molecule has 0 bridgehead atoms. The average Bonchev–Trinajstić information content (AvgIpc) is 2.45. The van der Waals surface area contributed by atoms with Crippen molar-refractivity contribution in [3.8, 4) is 11.5 Å². The summed E-state index contributed by atoms with van der Waals surface area (Å²) in [4.78, 5) is 0. The van der Waals surface area contributed by atoms with Gasteiger partial charge in [0.25, 0.3) is 0 Å². The van der Waals surface area contributed by atoms with E-state index < -0.39 is 0 Å². The standard InChI is InChI=1S/C15H14Cl2O2/c1-18-15-6-5-13(17)8-12(15)10-19-14-4-2-3-11(7-14)9-16/h2-8H,9-10H2,1H3. The molecule has 0 aliphatic heterocycles. The van der Waals surface area contributed by atoms with E-state index in [1.165, 1.54) is 0 Å². The van der Waals surface area contributed by atoms with Crippen LogP contribution in [0.5, 0.6) is 11.5 Å². The molecule has 0 fully saturated rings. The highest BCUT2D eigenvalue weighted by molar-refractivity contribution is 6.30. The first-order chi connectivity index (χ1) is 9.22. The van der Waals surface area contributed by atoms with E-state index in [4.69, 9.17) is 32.7 Å². The average molecular weight is 297 g/mol. The van der Waals surface area contributed by atoms with E-state index in [2.05, 4.69) is 0 Å².